The Morgan fingerprint density at radius 1 is 0.583 bits per heavy atom. The second kappa shape index (κ2) is 36.3. The van der Waals surface area contributed by atoms with Gasteiger partial charge in [0.25, 0.3) is 0 Å². The molecule has 1 rings (SSSR count). The van der Waals surface area contributed by atoms with Crippen molar-refractivity contribution in [2.75, 3.05) is 26.4 Å². The van der Waals surface area contributed by atoms with Crippen LogP contribution in [0.4, 0.5) is 0 Å². The van der Waals surface area contributed by atoms with E-state index in [0.29, 0.717) is 19.3 Å². The molecule has 1 fully saturated rings. The zero-order valence-electron chi connectivity index (χ0n) is 36.2. The lowest BCUT2D eigenvalue weighted by molar-refractivity contribution is -0.161. The second-order valence-corrected chi connectivity index (χ2v) is 17.7. The van der Waals surface area contributed by atoms with E-state index in [1.54, 1.807) is 0 Å². The predicted molar refractivity (Wildman–Crippen MR) is 234 cm³/mol. The monoisotopic (exact) mass is 890 g/mol. The molecular weight excluding hydrogens is 814 g/mol. The van der Waals surface area contributed by atoms with Crippen LogP contribution in [0, 0.1) is 0 Å². The number of phosphoric ester groups is 2. The number of esters is 2. The highest BCUT2D eigenvalue weighted by Gasteiger charge is 2.36. The van der Waals surface area contributed by atoms with Gasteiger partial charge in [-0.2, -0.15) is 0 Å². The molecule has 0 aliphatic carbocycles. The average Bonchev–Trinajstić information content (AvgIpc) is 3.96. The number of unbranched alkanes of at least 4 members (excludes halogenated alkanes) is 11. The summed E-state index contributed by atoms with van der Waals surface area (Å²) in [7, 11) is -9.71. The highest BCUT2D eigenvalue weighted by atomic mass is 31.2. The summed E-state index contributed by atoms with van der Waals surface area (Å²) in [5.74, 6) is -1.13. The minimum absolute atomic E-state index is 0.0766. The number of hydrogen-bond acceptors (Lipinski definition) is 11. The van der Waals surface area contributed by atoms with Gasteiger partial charge < -0.3 is 34.0 Å². The van der Waals surface area contributed by atoms with E-state index in [2.05, 4.69) is 83.7 Å². The van der Waals surface area contributed by atoms with Crippen molar-refractivity contribution < 1.29 is 66.3 Å². The number of phosphoric acid groups is 2. The van der Waals surface area contributed by atoms with Crippen molar-refractivity contribution in [1.29, 1.82) is 0 Å². The number of carbonyl (C=O) groups is 2. The summed E-state index contributed by atoms with van der Waals surface area (Å²) in [4.78, 5) is 52.8. The molecule has 1 saturated heterocycles. The molecule has 0 aromatic rings. The van der Waals surface area contributed by atoms with E-state index in [4.69, 9.17) is 28.5 Å². The quantitative estimate of drug-likeness (QED) is 0.0148. The van der Waals surface area contributed by atoms with Gasteiger partial charge in [-0.25, -0.2) is 9.13 Å². The van der Waals surface area contributed by atoms with Gasteiger partial charge >= 0.3 is 27.6 Å². The minimum atomic E-state index is -4.87. The SMILES string of the molecule is CCCCC/C=C\C/C=C\C/C=C\CC1OC1CCCC(=O)OC[C@H](COP(=O)(O)OC[C@@H](O)COP(=O)(O)O)OC(=O)CCCCCCC/C=C\C/C=C\CCCCC. The van der Waals surface area contributed by atoms with Crippen LogP contribution >= 0.6 is 15.6 Å². The Hall–Kier alpha value is -2.22. The van der Waals surface area contributed by atoms with E-state index in [1.807, 2.05) is 0 Å². The molecule has 0 amide bonds. The Labute approximate surface area is 359 Å². The Morgan fingerprint density at radius 3 is 1.68 bits per heavy atom. The number of hydrogen-bond donors (Lipinski definition) is 4. The van der Waals surface area contributed by atoms with Crippen molar-refractivity contribution in [2.45, 2.75) is 180 Å². The molecule has 0 radical (unpaired) electrons. The molecule has 60 heavy (non-hydrogen) atoms. The largest absolute Gasteiger partial charge is 0.472 e. The molecule has 1 aliphatic rings. The molecule has 0 bridgehead atoms. The van der Waals surface area contributed by atoms with Crippen LogP contribution in [0.2, 0.25) is 0 Å². The number of ether oxygens (including phenoxy) is 3. The Kier molecular flexibility index (Phi) is 33.7. The molecule has 4 N–H and O–H groups in total. The predicted octanol–water partition coefficient (Wildman–Crippen LogP) is 10.2. The first kappa shape index (κ1) is 55.8. The van der Waals surface area contributed by atoms with Gasteiger partial charge in [-0.05, 0) is 83.5 Å². The average molecular weight is 891 g/mol. The van der Waals surface area contributed by atoms with Crippen LogP contribution in [-0.4, -0.2) is 82.6 Å². The van der Waals surface area contributed by atoms with Crippen LogP contribution in [0.15, 0.2) is 60.8 Å². The fourth-order valence-corrected chi connectivity index (χ4v) is 6.97. The van der Waals surface area contributed by atoms with Gasteiger partial charge in [-0.15, -0.1) is 0 Å². The van der Waals surface area contributed by atoms with E-state index in [9.17, 15) is 28.7 Å². The Morgan fingerprint density at radius 2 is 1.08 bits per heavy atom. The molecule has 0 aromatic carbocycles. The van der Waals surface area contributed by atoms with Crippen LogP contribution in [0.1, 0.15) is 155 Å². The normalized spacial score (nSPS) is 18.0. The topological polar surface area (TPSA) is 208 Å². The number of epoxide rings is 1. The van der Waals surface area contributed by atoms with Crippen LogP contribution in [0.3, 0.4) is 0 Å². The number of allylic oxidation sites excluding steroid dienone is 9. The van der Waals surface area contributed by atoms with Crippen LogP contribution in [-0.2, 0) is 46.5 Å². The zero-order chi connectivity index (χ0) is 44.2. The fraction of sp³-hybridized carbons (Fsp3) is 0.727. The molecule has 16 heteroatoms. The highest BCUT2D eigenvalue weighted by Crippen LogP contribution is 2.44. The van der Waals surface area contributed by atoms with Gasteiger partial charge in [0, 0.05) is 12.8 Å². The highest BCUT2D eigenvalue weighted by molar-refractivity contribution is 7.47. The van der Waals surface area contributed by atoms with Crippen molar-refractivity contribution in [2.24, 2.45) is 0 Å². The lowest BCUT2D eigenvalue weighted by atomic mass is 10.1. The molecule has 5 atom stereocenters. The third kappa shape index (κ3) is 36.4. The van der Waals surface area contributed by atoms with Gasteiger partial charge in [-0.3, -0.25) is 23.2 Å². The Bertz CT molecular complexity index is 1360. The maximum absolute atomic E-state index is 12.7. The second-order valence-electron chi connectivity index (χ2n) is 15.0. The van der Waals surface area contributed by atoms with E-state index in [-0.39, 0.29) is 25.0 Å². The first-order valence-electron chi connectivity index (χ1n) is 22.1. The van der Waals surface area contributed by atoms with Gasteiger partial charge in [0.05, 0.1) is 32.0 Å². The van der Waals surface area contributed by atoms with Crippen molar-refractivity contribution in [3.8, 4) is 0 Å². The van der Waals surface area contributed by atoms with E-state index < -0.39 is 66.2 Å². The molecule has 3 unspecified atom stereocenters. The maximum atomic E-state index is 12.7. The van der Waals surface area contributed by atoms with E-state index in [1.165, 1.54) is 38.5 Å². The zero-order valence-corrected chi connectivity index (χ0v) is 38.0. The third-order valence-electron chi connectivity index (χ3n) is 9.29. The molecule has 14 nitrogen and oxygen atoms in total. The minimum Gasteiger partial charge on any atom is -0.462 e. The number of aliphatic hydroxyl groups is 1. The lowest BCUT2D eigenvalue weighted by Crippen LogP contribution is -2.30. The molecule has 0 aromatic heterocycles. The molecule has 0 saturated carbocycles. The molecule has 1 heterocycles. The Balaban J connectivity index is 2.42. The third-order valence-corrected chi connectivity index (χ3v) is 10.7. The van der Waals surface area contributed by atoms with Crippen LogP contribution in [0.25, 0.3) is 0 Å². The van der Waals surface area contributed by atoms with Crippen molar-refractivity contribution in [1.82, 2.24) is 0 Å². The maximum Gasteiger partial charge on any atom is 0.472 e. The molecule has 0 spiro atoms. The first-order valence-corrected chi connectivity index (χ1v) is 25.1. The van der Waals surface area contributed by atoms with Crippen molar-refractivity contribution in [3.05, 3.63) is 60.8 Å². The summed E-state index contributed by atoms with van der Waals surface area (Å²) < 4.78 is 53.5. The summed E-state index contributed by atoms with van der Waals surface area (Å²) in [6, 6.07) is 0. The summed E-state index contributed by atoms with van der Waals surface area (Å²) in [5, 5.41) is 9.75. The van der Waals surface area contributed by atoms with Gasteiger partial charge in [-0.1, -0.05) is 120 Å². The smallest absolute Gasteiger partial charge is 0.462 e. The summed E-state index contributed by atoms with van der Waals surface area (Å²) in [5.41, 5.74) is 0. The summed E-state index contributed by atoms with van der Waals surface area (Å²) >= 11 is 0. The molecule has 346 valence electrons. The molecule has 1 aliphatic heterocycles. The lowest BCUT2D eigenvalue weighted by Gasteiger charge is -2.20. The van der Waals surface area contributed by atoms with Crippen molar-refractivity contribution >= 4 is 27.6 Å². The fourth-order valence-electron chi connectivity index (χ4n) is 5.82. The standard InChI is InChI=1S/C44H76O14P2/c1-3-5-7-9-11-13-15-17-18-19-21-23-25-27-29-33-44(47)57-40(38-56-60(51,52)55-36-39(45)35-54-59(48,49)50)37-53-43(46)34-30-32-42-41(58-42)31-28-26-24-22-20-16-14-12-10-8-6-4-2/h11-14,17-18,20,22,26,28,39-42,45H,3-10,15-16,19,21,23-25,27,29-38H2,1-2H3,(H,51,52)(H2,48,49,50)/b13-11-,14-12-,18-17-,22-20-,28-26-/t39-,40+,41?,42?/m0/s1. The van der Waals surface area contributed by atoms with Gasteiger partial charge in [0.1, 0.15) is 12.7 Å². The van der Waals surface area contributed by atoms with Gasteiger partial charge in [0.15, 0.2) is 6.10 Å². The van der Waals surface area contributed by atoms with Crippen molar-refractivity contribution in [3.63, 3.8) is 0 Å². The van der Waals surface area contributed by atoms with Crippen LogP contribution in [0.5, 0.6) is 0 Å². The van der Waals surface area contributed by atoms with E-state index in [0.717, 1.165) is 70.6 Å². The molecular formula is C44H76O14P2. The summed E-state index contributed by atoms with van der Waals surface area (Å²) in [6.45, 7) is 1.60. The number of carbonyl (C=O) groups excluding carboxylic acids is 2. The number of aliphatic hydroxyl groups excluding tert-OH is 1. The first-order chi connectivity index (χ1) is 28.8. The van der Waals surface area contributed by atoms with E-state index >= 15 is 0 Å². The van der Waals surface area contributed by atoms with Gasteiger partial charge in [0.2, 0.25) is 0 Å². The van der Waals surface area contributed by atoms with Crippen LogP contribution < -0.4 is 0 Å². The number of rotatable bonds is 40. The summed E-state index contributed by atoms with van der Waals surface area (Å²) in [6.07, 6.45) is 39.4.